The molecule has 3 aromatic rings. The SMILES string of the molecule is Cl.c1ccc(Nc2ncnc3ccccc23)cc1. The number of benzene rings is 2. The lowest BCUT2D eigenvalue weighted by Gasteiger charge is -2.07. The second kappa shape index (κ2) is 5.47. The second-order valence-corrected chi connectivity index (χ2v) is 3.73. The number of hydrogen-bond acceptors (Lipinski definition) is 3. The molecule has 0 saturated carbocycles. The number of rotatable bonds is 2. The van der Waals surface area contributed by atoms with E-state index in [1.165, 1.54) is 0 Å². The highest BCUT2D eigenvalue weighted by Gasteiger charge is 2.02. The Bertz CT molecular complexity index is 635. The fourth-order valence-corrected chi connectivity index (χ4v) is 1.76. The lowest BCUT2D eigenvalue weighted by molar-refractivity contribution is 1.22. The molecule has 4 heteroatoms. The fraction of sp³-hybridized carbons (Fsp3) is 0. The molecule has 90 valence electrons. The number of para-hydroxylation sites is 2. The van der Waals surface area contributed by atoms with Gasteiger partial charge in [0, 0.05) is 11.1 Å². The molecular weight excluding hydrogens is 246 g/mol. The first-order valence-corrected chi connectivity index (χ1v) is 5.45. The van der Waals surface area contributed by atoms with E-state index in [4.69, 9.17) is 0 Å². The van der Waals surface area contributed by atoms with Crippen LogP contribution in [0.25, 0.3) is 10.9 Å². The summed E-state index contributed by atoms with van der Waals surface area (Å²) in [5, 5.41) is 4.32. The fourth-order valence-electron chi connectivity index (χ4n) is 1.76. The Balaban J connectivity index is 0.00000120. The molecule has 0 amide bonds. The Morgan fingerprint density at radius 3 is 2.33 bits per heavy atom. The van der Waals surface area contributed by atoms with Gasteiger partial charge in [0.2, 0.25) is 0 Å². The van der Waals surface area contributed by atoms with Gasteiger partial charge in [-0.05, 0) is 24.3 Å². The summed E-state index contributed by atoms with van der Waals surface area (Å²) >= 11 is 0. The van der Waals surface area contributed by atoms with Crippen molar-refractivity contribution in [2.24, 2.45) is 0 Å². The maximum atomic E-state index is 4.28. The minimum atomic E-state index is 0. The lowest BCUT2D eigenvalue weighted by atomic mass is 10.2. The third-order valence-electron chi connectivity index (χ3n) is 2.58. The van der Waals surface area contributed by atoms with Crippen LogP contribution in [0.1, 0.15) is 0 Å². The molecule has 0 aliphatic carbocycles. The van der Waals surface area contributed by atoms with Gasteiger partial charge in [0.25, 0.3) is 0 Å². The van der Waals surface area contributed by atoms with Crippen LogP contribution in [0.5, 0.6) is 0 Å². The van der Waals surface area contributed by atoms with Crippen molar-refractivity contribution in [3.8, 4) is 0 Å². The summed E-state index contributed by atoms with van der Waals surface area (Å²) in [5.74, 6) is 0.835. The number of fused-ring (bicyclic) bond motifs is 1. The zero-order valence-electron chi connectivity index (χ0n) is 9.58. The lowest BCUT2D eigenvalue weighted by Crippen LogP contribution is -1.95. The van der Waals surface area contributed by atoms with E-state index < -0.39 is 0 Å². The van der Waals surface area contributed by atoms with Crippen LogP contribution in [0.4, 0.5) is 11.5 Å². The number of halogens is 1. The minimum Gasteiger partial charge on any atom is -0.340 e. The van der Waals surface area contributed by atoms with Gasteiger partial charge in [0.1, 0.15) is 12.1 Å². The Hall–Kier alpha value is -2.13. The Morgan fingerprint density at radius 1 is 0.778 bits per heavy atom. The van der Waals surface area contributed by atoms with Crippen LogP contribution in [-0.4, -0.2) is 9.97 Å². The number of aromatic nitrogens is 2. The first-order valence-electron chi connectivity index (χ1n) is 5.45. The molecule has 1 aromatic heterocycles. The summed E-state index contributed by atoms with van der Waals surface area (Å²) in [5.41, 5.74) is 1.97. The molecular formula is C14H12ClN3. The molecule has 1 N–H and O–H groups in total. The largest absolute Gasteiger partial charge is 0.340 e. The third kappa shape index (κ3) is 2.41. The van der Waals surface area contributed by atoms with E-state index >= 15 is 0 Å². The van der Waals surface area contributed by atoms with E-state index in [2.05, 4.69) is 15.3 Å². The van der Waals surface area contributed by atoms with Gasteiger partial charge in [-0.1, -0.05) is 30.3 Å². The van der Waals surface area contributed by atoms with E-state index in [1.807, 2.05) is 54.6 Å². The van der Waals surface area contributed by atoms with Crippen molar-refractivity contribution < 1.29 is 0 Å². The number of hydrogen-bond donors (Lipinski definition) is 1. The molecule has 0 spiro atoms. The van der Waals surface area contributed by atoms with Crippen LogP contribution in [-0.2, 0) is 0 Å². The molecule has 3 rings (SSSR count). The molecule has 3 nitrogen and oxygen atoms in total. The van der Waals surface area contributed by atoms with Crippen molar-refractivity contribution in [3.05, 3.63) is 60.9 Å². The van der Waals surface area contributed by atoms with E-state index in [0.29, 0.717) is 0 Å². The Kier molecular flexibility index (Phi) is 3.75. The zero-order chi connectivity index (χ0) is 11.5. The van der Waals surface area contributed by atoms with Gasteiger partial charge in [0.05, 0.1) is 5.52 Å². The number of anilines is 2. The normalized spacial score (nSPS) is 9.78. The van der Waals surface area contributed by atoms with Gasteiger partial charge in [-0.3, -0.25) is 0 Å². The molecule has 0 fully saturated rings. The van der Waals surface area contributed by atoms with Crippen molar-refractivity contribution >= 4 is 34.8 Å². The van der Waals surface area contributed by atoms with Crippen molar-refractivity contribution in [2.75, 3.05) is 5.32 Å². The molecule has 2 aromatic carbocycles. The quantitative estimate of drug-likeness (QED) is 0.759. The van der Waals surface area contributed by atoms with Crippen molar-refractivity contribution in [2.45, 2.75) is 0 Å². The van der Waals surface area contributed by atoms with Gasteiger partial charge in [-0.25, -0.2) is 9.97 Å². The third-order valence-corrected chi connectivity index (χ3v) is 2.58. The number of nitrogens with one attached hydrogen (secondary N) is 1. The second-order valence-electron chi connectivity index (χ2n) is 3.73. The first kappa shape index (κ1) is 12.3. The van der Waals surface area contributed by atoms with E-state index in [0.717, 1.165) is 22.4 Å². The van der Waals surface area contributed by atoms with Crippen molar-refractivity contribution in [1.82, 2.24) is 9.97 Å². The average Bonchev–Trinajstić information content (AvgIpc) is 2.40. The maximum absolute atomic E-state index is 4.28. The van der Waals surface area contributed by atoms with E-state index in [-0.39, 0.29) is 12.4 Å². The minimum absolute atomic E-state index is 0. The van der Waals surface area contributed by atoms with Gasteiger partial charge in [-0.2, -0.15) is 0 Å². The first-order chi connectivity index (χ1) is 8.43. The molecule has 0 bridgehead atoms. The summed E-state index contributed by atoms with van der Waals surface area (Å²) in [4.78, 5) is 8.51. The monoisotopic (exact) mass is 257 g/mol. The summed E-state index contributed by atoms with van der Waals surface area (Å²) in [6, 6.07) is 18.0. The smallest absolute Gasteiger partial charge is 0.141 e. The van der Waals surface area contributed by atoms with E-state index in [9.17, 15) is 0 Å². The molecule has 0 saturated heterocycles. The van der Waals surface area contributed by atoms with E-state index in [1.54, 1.807) is 6.33 Å². The molecule has 0 radical (unpaired) electrons. The molecule has 0 atom stereocenters. The van der Waals surface area contributed by atoms with Gasteiger partial charge in [0.15, 0.2) is 0 Å². The summed E-state index contributed by atoms with van der Waals surface area (Å²) in [6.07, 6.45) is 1.58. The van der Waals surface area contributed by atoms with Crippen LogP contribution >= 0.6 is 12.4 Å². The Labute approximate surface area is 111 Å². The van der Waals surface area contributed by atoms with Crippen molar-refractivity contribution in [3.63, 3.8) is 0 Å². The summed E-state index contributed by atoms with van der Waals surface area (Å²) < 4.78 is 0. The molecule has 0 unspecified atom stereocenters. The highest BCUT2D eigenvalue weighted by atomic mass is 35.5. The molecule has 18 heavy (non-hydrogen) atoms. The van der Waals surface area contributed by atoms with Crippen LogP contribution in [0.15, 0.2) is 60.9 Å². The predicted molar refractivity (Wildman–Crippen MR) is 76.5 cm³/mol. The predicted octanol–water partition coefficient (Wildman–Crippen LogP) is 3.80. The van der Waals surface area contributed by atoms with Crippen molar-refractivity contribution in [1.29, 1.82) is 0 Å². The summed E-state index contributed by atoms with van der Waals surface area (Å²) in [7, 11) is 0. The van der Waals surface area contributed by atoms with Gasteiger partial charge < -0.3 is 5.32 Å². The highest BCUT2D eigenvalue weighted by molar-refractivity contribution is 5.90. The standard InChI is InChI=1S/C14H11N3.ClH/c1-2-6-11(7-3-1)17-14-12-8-4-5-9-13(12)15-10-16-14;/h1-10H,(H,15,16,17);1H. The van der Waals surface area contributed by atoms with Crippen LogP contribution in [0.3, 0.4) is 0 Å². The van der Waals surface area contributed by atoms with Crippen LogP contribution < -0.4 is 5.32 Å². The van der Waals surface area contributed by atoms with Crippen LogP contribution in [0.2, 0.25) is 0 Å². The zero-order valence-corrected chi connectivity index (χ0v) is 10.4. The molecule has 0 aliphatic rings. The average molecular weight is 258 g/mol. The number of nitrogens with zero attached hydrogens (tertiary/aromatic N) is 2. The van der Waals surface area contributed by atoms with Gasteiger partial charge >= 0.3 is 0 Å². The molecule has 0 aliphatic heterocycles. The van der Waals surface area contributed by atoms with Gasteiger partial charge in [-0.15, -0.1) is 12.4 Å². The Morgan fingerprint density at radius 2 is 1.50 bits per heavy atom. The highest BCUT2D eigenvalue weighted by Crippen LogP contribution is 2.21. The molecule has 1 heterocycles. The maximum Gasteiger partial charge on any atom is 0.141 e. The summed E-state index contributed by atoms with van der Waals surface area (Å²) in [6.45, 7) is 0. The van der Waals surface area contributed by atoms with Crippen LogP contribution in [0, 0.1) is 0 Å². The topological polar surface area (TPSA) is 37.8 Å².